The first-order chi connectivity index (χ1) is 16.2. The number of aliphatic hydroxyl groups excluding tert-OH is 2. The monoisotopic (exact) mass is 506 g/mol. The van der Waals surface area contributed by atoms with E-state index in [2.05, 4.69) is 5.32 Å². The molecule has 2 aliphatic rings. The molecule has 4 rings (SSSR count). The molecule has 0 bridgehead atoms. The zero-order chi connectivity index (χ0) is 24.5. The summed E-state index contributed by atoms with van der Waals surface area (Å²) in [6, 6.07) is 15.5. The number of aliphatic hydroxyl groups is 4. The van der Waals surface area contributed by atoms with Gasteiger partial charge in [0.05, 0.1) is 13.2 Å². The average molecular weight is 507 g/mol. The highest BCUT2D eigenvalue weighted by Gasteiger charge is 2.46. The molecule has 11 heteroatoms. The number of hydrogen-bond donors (Lipinski definition) is 5. The molecule has 0 spiro atoms. The molecule has 4 atom stereocenters. The number of nitrogens with zero attached hydrogens (tertiary/aromatic N) is 1. The Morgan fingerprint density at radius 2 is 1.85 bits per heavy atom. The molecular formula is C23H23ClN2O7S. The number of halogens is 1. The van der Waals surface area contributed by atoms with E-state index in [1.165, 1.54) is 0 Å². The third-order valence-corrected chi connectivity index (χ3v) is 6.08. The predicted molar refractivity (Wildman–Crippen MR) is 127 cm³/mol. The zero-order valence-corrected chi connectivity index (χ0v) is 19.3. The molecule has 9 nitrogen and oxygen atoms in total. The molecular weight excluding hydrogens is 484 g/mol. The van der Waals surface area contributed by atoms with Crippen molar-refractivity contribution in [2.75, 3.05) is 18.1 Å². The molecule has 0 radical (unpaired) electrons. The van der Waals surface area contributed by atoms with Crippen LogP contribution in [0.15, 0.2) is 66.2 Å². The molecule has 2 saturated heterocycles. The van der Waals surface area contributed by atoms with Crippen LogP contribution in [0.1, 0.15) is 11.9 Å². The summed E-state index contributed by atoms with van der Waals surface area (Å²) in [7, 11) is 0. The maximum Gasteiger partial charge on any atom is 0.255 e. The number of benzene rings is 2. The fraction of sp³-hybridized carbons (Fsp3) is 0.304. The smallest absolute Gasteiger partial charge is 0.255 e. The maximum absolute atomic E-state index is 12.5. The Balaban J connectivity index is 1.54. The van der Waals surface area contributed by atoms with Crippen LogP contribution in [0.2, 0.25) is 5.02 Å². The minimum atomic E-state index is -2.92. The Morgan fingerprint density at radius 1 is 1.18 bits per heavy atom. The summed E-state index contributed by atoms with van der Waals surface area (Å²) >= 11 is 11.2. The van der Waals surface area contributed by atoms with Crippen LogP contribution >= 0.6 is 23.8 Å². The van der Waals surface area contributed by atoms with Crippen molar-refractivity contribution in [1.29, 1.82) is 0 Å². The van der Waals surface area contributed by atoms with E-state index >= 15 is 0 Å². The Kier molecular flexibility index (Phi) is 7.31. The zero-order valence-electron chi connectivity index (χ0n) is 17.7. The Labute approximate surface area is 205 Å². The molecule has 2 fully saturated rings. The number of ether oxygens (including phenoxy) is 2. The van der Waals surface area contributed by atoms with Crippen LogP contribution < -0.4 is 10.2 Å². The van der Waals surface area contributed by atoms with Crippen molar-refractivity contribution in [2.45, 2.75) is 30.4 Å². The van der Waals surface area contributed by atoms with Gasteiger partial charge >= 0.3 is 0 Å². The van der Waals surface area contributed by atoms with Gasteiger partial charge in [0.2, 0.25) is 5.79 Å². The van der Waals surface area contributed by atoms with Crippen LogP contribution in [0.25, 0.3) is 0 Å². The maximum atomic E-state index is 12.5. The summed E-state index contributed by atoms with van der Waals surface area (Å²) in [5.74, 6) is -3.56. The normalized spacial score (nSPS) is 25.9. The van der Waals surface area contributed by atoms with Crippen LogP contribution in [-0.4, -0.2) is 68.7 Å². The number of thiocarbonyl (C=S) groups is 1. The van der Waals surface area contributed by atoms with Crippen LogP contribution in [0.3, 0.4) is 0 Å². The fourth-order valence-electron chi connectivity index (χ4n) is 3.71. The number of rotatable bonds is 5. The highest BCUT2D eigenvalue weighted by molar-refractivity contribution is 7.80. The lowest BCUT2D eigenvalue weighted by Gasteiger charge is -2.40. The second-order valence-electron chi connectivity index (χ2n) is 7.96. The number of carbonyl (C=O) groups excluding carboxylic acids is 1. The molecule has 0 saturated carbocycles. The van der Waals surface area contributed by atoms with Gasteiger partial charge in [0.15, 0.2) is 11.4 Å². The van der Waals surface area contributed by atoms with Crippen molar-refractivity contribution >= 4 is 40.5 Å². The summed E-state index contributed by atoms with van der Waals surface area (Å²) < 4.78 is 11.1. The van der Waals surface area contributed by atoms with Crippen molar-refractivity contribution in [2.24, 2.45) is 0 Å². The molecule has 2 aromatic rings. The van der Waals surface area contributed by atoms with Crippen molar-refractivity contribution in [3.63, 3.8) is 0 Å². The minimum absolute atomic E-state index is 0.0613. The Bertz CT molecular complexity index is 1080. The van der Waals surface area contributed by atoms with E-state index in [1.54, 1.807) is 59.5 Å². The molecule has 1 amide bonds. The standard InChI is InChI=1S/C23H23ClN2O7S/c24-15-6-8-16(9-7-15)26-11-14(20(29)25-22(26)34)10-23(30,31)19(28)18-17(27)12-32-21(33-18)13-4-2-1-3-5-13/h1-10,17-19,21,27-28,30-31H,11-12H2,(H,25,29,34)/b14-10+/t17-,18-,19?,21?/m1/s1. The molecule has 2 aromatic carbocycles. The first-order valence-electron chi connectivity index (χ1n) is 10.4. The molecule has 5 N–H and O–H groups in total. The summed E-state index contributed by atoms with van der Waals surface area (Å²) in [5.41, 5.74) is 1.19. The van der Waals surface area contributed by atoms with Crippen molar-refractivity contribution in [1.82, 2.24) is 5.32 Å². The van der Waals surface area contributed by atoms with Gasteiger partial charge < -0.3 is 34.8 Å². The number of anilines is 1. The van der Waals surface area contributed by atoms with Crippen molar-refractivity contribution in [3.8, 4) is 0 Å². The number of nitrogens with one attached hydrogen (secondary N) is 1. The molecule has 2 heterocycles. The lowest BCUT2D eigenvalue weighted by atomic mass is 9.96. The van der Waals surface area contributed by atoms with Gasteiger partial charge in [-0.05, 0) is 42.6 Å². The fourth-order valence-corrected chi connectivity index (χ4v) is 4.10. The SMILES string of the molecule is O=C1NC(=S)N(c2ccc(Cl)cc2)C/C1=C\C(O)(O)C(O)[C@@H]1OC(c2ccccc2)OC[C@H]1O. The van der Waals surface area contributed by atoms with Crippen LogP contribution in [-0.2, 0) is 14.3 Å². The lowest BCUT2D eigenvalue weighted by Crippen LogP contribution is -2.57. The summed E-state index contributed by atoms with van der Waals surface area (Å²) in [5, 5.41) is 45.6. The van der Waals surface area contributed by atoms with E-state index in [4.69, 9.17) is 33.3 Å². The van der Waals surface area contributed by atoms with Gasteiger partial charge in [-0.25, -0.2) is 0 Å². The topological polar surface area (TPSA) is 132 Å². The molecule has 180 valence electrons. The third kappa shape index (κ3) is 5.29. The minimum Gasteiger partial charge on any atom is -0.388 e. The van der Waals surface area contributed by atoms with Gasteiger partial charge in [0.1, 0.15) is 18.3 Å². The molecule has 0 aromatic heterocycles. The summed E-state index contributed by atoms with van der Waals surface area (Å²) in [4.78, 5) is 14.1. The second kappa shape index (κ2) is 10.1. The van der Waals surface area contributed by atoms with E-state index in [-0.39, 0.29) is 23.8 Å². The van der Waals surface area contributed by atoms with Crippen LogP contribution in [0.5, 0.6) is 0 Å². The van der Waals surface area contributed by atoms with Gasteiger partial charge in [0.25, 0.3) is 5.91 Å². The first-order valence-corrected chi connectivity index (χ1v) is 11.2. The molecule has 34 heavy (non-hydrogen) atoms. The summed E-state index contributed by atoms with van der Waals surface area (Å²) in [6.45, 7) is -0.293. The van der Waals surface area contributed by atoms with E-state index in [0.717, 1.165) is 6.08 Å². The lowest BCUT2D eigenvalue weighted by molar-refractivity contribution is -0.309. The Hall–Kier alpha value is -2.41. The van der Waals surface area contributed by atoms with Crippen molar-refractivity contribution < 1.29 is 34.7 Å². The van der Waals surface area contributed by atoms with E-state index < -0.39 is 36.3 Å². The summed E-state index contributed by atoms with van der Waals surface area (Å²) in [6.07, 6.45) is -4.86. The van der Waals surface area contributed by atoms with Gasteiger partial charge in [-0.15, -0.1) is 0 Å². The number of carbonyl (C=O) groups is 1. The third-order valence-electron chi connectivity index (χ3n) is 5.51. The number of hydrogen-bond acceptors (Lipinski definition) is 8. The average Bonchev–Trinajstić information content (AvgIpc) is 2.82. The molecule has 0 aliphatic carbocycles. The largest absolute Gasteiger partial charge is 0.388 e. The second-order valence-corrected chi connectivity index (χ2v) is 8.79. The number of amides is 1. The highest BCUT2D eigenvalue weighted by Crippen LogP contribution is 2.31. The van der Waals surface area contributed by atoms with Gasteiger partial charge in [0, 0.05) is 21.8 Å². The molecule has 2 unspecified atom stereocenters. The van der Waals surface area contributed by atoms with Gasteiger partial charge in [-0.3, -0.25) is 10.1 Å². The van der Waals surface area contributed by atoms with Crippen LogP contribution in [0, 0.1) is 0 Å². The van der Waals surface area contributed by atoms with Gasteiger partial charge in [-0.1, -0.05) is 41.9 Å². The quantitative estimate of drug-likeness (QED) is 0.229. The van der Waals surface area contributed by atoms with Crippen molar-refractivity contribution in [3.05, 3.63) is 76.8 Å². The van der Waals surface area contributed by atoms with E-state index in [0.29, 0.717) is 16.3 Å². The predicted octanol–water partition coefficient (Wildman–Crippen LogP) is 1.00. The van der Waals surface area contributed by atoms with Gasteiger partial charge in [-0.2, -0.15) is 0 Å². The van der Waals surface area contributed by atoms with E-state index in [9.17, 15) is 25.2 Å². The molecule has 2 aliphatic heterocycles. The highest BCUT2D eigenvalue weighted by atomic mass is 35.5. The van der Waals surface area contributed by atoms with E-state index in [1.807, 2.05) is 0 Å². The first kappa shape index (κ1) is 24.7. The van der Waals surface area contributed by atoms with Crippen LogP contribution in [0.4, 0.5) is 5.69 Å². The Morgan fingerprint density at radius 3 is 2.53 bits per heavy atom.